The Kier molecular flexibility index (Phi) is 10.8. The van der Waals surface area contributed by atoms with Crippen LogP contribution >= 0.6 is 19.2 Å². The van der Waals surface area contributed by atoms with E-state index < -0.39 is 37.3 Å². The molecule has 3 aromatic rings. The molecular weight excluding hydrogens is 605 g/mol. The van der Waals surface area contributed by atoms with Crippen LogP contribution in [0.3, 0.4) is 0 Å². The second kappa shape index (κ2) is 14.1. The molecule has 1 heterocycles. The van der Waals surface area contributed by atoms with Gasteiger partial charge in [0.2, 0.25) is 5.91 Å². The Morgan fingerprint density at radius 3 is 2.47 bits per heavy atom. The first-order valence-corrected chi connectivity index (χ1v) is 16.1. The van der Waals surface area contributed by atoms with E-state index in [1.165, 1.54) is 19.1 Å². The van der Waals surface area contributed by atoms with Gasteiger partial charge in [-0.05, 0) is 57.9 Å². The van der Waals surface area contributed by atoms with E-state index in [2.05, 4.69) is 5.32 Å². The number of alkyl halides is 1. The summed E-state index contributed by atoms with van der Waals surface area (Å²) in [7, 11) is -3.48. The van der Waals surface area contributed by atoms with Gasteiger partial charge in [0.05, 0.1) is 30.7 Å². The Morgan fingerprint density at radius 1 is 1.09 bits per heavy atom. The molecule has 43 heavy (non-hydrogen) atoms. The molecular formula is C30H34ClF2N2O7P. The highest BCUT2D eigenvalue weighted by atomic mass is 35.5. The zero-order valence-corrected chi connectivity index (χ0v) is 25.8. The Morgan fingerprint density at radius 2 is 1.79 bits per heavy atom. The monoisotopic (exact) mass is 638 g/mol. The smallest absolute Gasteiger partial charge is 0.367 e. The van der Waals surface area contributed by atoms with Crippen molar-refractivity contribution in [2.75, 3.05) is 19.6 Å². The Balaban J connectivity index is 1.50. The number of nitrogens with zero attached hydrogens (tertiary/aromatic N) is 1. The predicted molar refractivity (Wildman–Crippen MR) is 158 cm³/mol. The fourth-order valence-corrected chi connectivity index (χ4v) is 6.85. The van der Waals surface area contributed by atoms with Gasteiger partial charge in [-0.3, -0.25) is 18.9 Å². The number of ketones is 2. The number of amides is 1. The van der Waals surface area contributed by atoms with Crippen molar-refractivity contribution < 1.29 is 41.5 Å². The van der Waals surface area contributed by atoms with E-state index >= 15 is 0 Å². The number of Topliss-reactive ketones (excluding diaryl/α,β-unsaturated/α-hetero) is 2. The normalized spacial score (nSPS) is 18.6. The van der Waals surface area contributed by atoms with Gasteiger partial charge in [-0.1, -0.05) is 23.7 Å². The second-order valence-electron chi connectivity index (χ2n) is 10.3. The standard InChI is InChI=1S/C30H34ClF2N2O7P/c1-4-41-43(39,42-5-2)17-40-21-9-10-27-22(13-21)25(18(3)36)15-35(27)16-28(37)23-11-20(32)12-24(23)30(38)34-14-19-7-6-8-26(31)29(19)33/h6-10,13,15,20,23-24H,4-5,11-12,14,16-17H2,1-3H3,(H,34,38)/t20-,23?,24+/m0/s1. The average molecular weight is 639 g/mol. The van der Waals surface area contributed by atoms with Crippen molar-refractivity contribution in [2.45, 2.75) is 52.9 Å². The van der Waals surface area contributed by atoms with Crippen LogP contribution in [0.4, 0.5) is 8.78 Å². The number of carbonyl (C=O) groups is 3. The van der Waals surface area contributed by atoms with Crippen LogP contribution in [-0.4, -0.2) is 47.8 Å². The van der Waals surface area contributed by atoms with Gasteiger partial charge in [0.1, 0.15) is 17.7 Å². The van der Waals surface area contributed by atoms with Crippen molar-refractivity contribution in [2.24, 2.45) is 11.8 Å². The van der Waals surface area contributed by atoms with E-state index in [9.17, 15) is 27.7 Å². The minimum atomic E-state index is -3.48. The van der Waals surface area contributed by atoms with Gasteiger partial charge in [-0.25, -0.2) is 8.78 Å². The lowest BCUT2D eigenvalue weighted by molar-refractivity contribution is -0.132. The Hall–Kier alpha value is -3.11. The fourth-order valence-electron chi connectivity index (χ4n) is 5.34. The molecule has 13 heteroatoms. The number of carbonyl (C=O) groups excluding carboxylic acids is 3. The first-order chi connectivity index (χ1) is 20.5. The van der Waals surface area contributed by atoms with Crippen LogP contribution in [0.2, 0.25) is 5.02 Å². The number of hydrogen-bond donors (Lipinski definition) is 1. The van der Waals surface area contributed by atoms with E-state index in [1.54, 1.807) is 48.9 Å². The van der Waals surface area contributed by atoms with E-state index in [0.717, 1.165) is 0 Å². The second-order valence-corrected chi connectivity index (χ2v) is 12.7. The molecule has 1 N–H and O–H groups in total. The molecule has 1 saturated carbocycles. The number of halogens is 3. The summed E-state index contributed by atoms with van der Waals surface area (Å²) in [6, 6.07) is 9.29. The molecule has 0 bridgehead atoms. The molecule has 1 aromatic heterocycles. The lowest BCUT2D eigenvalue weighted by Gasteiger charge is -2.19. The molecule has 1 unspecified atom stereocenters. The van der Waals surface area contributed by atoms with Crippen LogP contribution in [0.1, 0.15) is 49.5 Å². The summed E-state index contributed by atoms with van der Waals surface area (Å²) in [4.78, 5) is 38.9. The summed E-state index contributed by atoms with van der Waals surface area (Å²) in [6.07, 6.45) is -0.364. The number of fused-ring (bicyclic) bond motifs is 1. The topological polar surface area (TPSA) is 113 Å². The average Bonchev–Trinajstić information content (AvgIpc) is 3.53. The van der Waals surface area contributed by atoms with Gasteiger partial charge in [-0.2, -0.15) is 0 Å². The van der Waals surface area contributed by atoms with Gasteiger partial charge >= 0.3 is 7.60 Å². The summed E-state index contributed by atoms with van der Waals surface area (Å²) in [5.74, 6) is -3.32. The van der Waals surface area contributed by atoms with Gasteiger partial charge in [0.25, 0.3) is 0 Å². The maximum Gasteiger partial charge on any atom is 0.367 e. The predicted octanol–water partition coefficient (Wildman–Crippen LogP) is 6.49. The number of nitrogens with one attached hydrogen (secondary N) is 1. The molecule has 4 rings (SSSR count). The lowest BCUT2D eigenvalue weighted by Crippen LogP contribution is -2.36. The lowest BCUT2D eigenvalue weighted by atomic mass is 9.91. The van der Waals surface area contributed by atoms with Gasteiger partial charge in [0, 0.05) is 40.7 Å². The van der Waals surface area contributed by atoms with E-state index in [-0.39, 0.29) is 67.6 Å². The maximum absolute atomic E-state index is 14.5. The maximum atomic E-state index is 14.5. The fraction of sp³-hybridized carbons (Fsp3) is 0.433. The van der Waals surface area contributed by atoms with Crippen molar-refractivity contribution in [3.8, 4) is 5.75 Å². The van der Waals surface area contributed by atoms with Gasteiger partial charge in [0.15, 0.2) is 17.9 Å². The molecule has 0 aliphatic heterocycles. The number of hydrogen-bond acceptors (Lipinski definition) is 7. The molecule has 1 aliphatic rings. The van der Waals surface area contributed by atoms with E-state index in [4.69, 9.17) is 25.4 Å². The molecule has 9 nitrogen and oxygen atoms in total. The summed E-state index contributed by atoms with van der Waals surface area (Å²) < 4.78 is 59.3. The molecule has 1 fully saturated rings. The highest BCUT2D eigenvalue weighted by molar-refractivity contribution is 7.53. The summed E-state index contributed by atoms with van der Waals surface area (Å²) >= 11 is 5.81. The van der Waals surface area contributed by atoms with Gasteiger partial charge < -0.3 is 23.7 Å². The molecule has 1 aliphatic carbocycles. The third-order valence-corrected chi connectivity index (χ3v) is 9.38. The molecule has 232 valence electrons. The largest absolute Gasteiger partial charge is 0.481 e. The molecule has 0 saturated heterocycles. The molecule has 0 spiro atoms. The van der Waals surface area contributed by atoms with Crippen LogP contribution in [-0.2, 0) is 36.3 Å². The zero-order chi connectivity index (χ0) is 31.3. The number of ether oxygens (including phenoxy) is 1. The van der Waals surface area contributed by atoms with Gasteiger partial charge in [-0.15, -0.1) is 0 Å². The number of aromatic nitrogens is 1. The number of benzene rings is 2. The van der Waals surface area contributed by atoms with Crippen LogP contribution in [0.15, 0.2) is 42.6 Å². The molecule has 3 atom stereocenters. The molecule has 2 aromatic carbocycles. The molecule has 0 radical (unpaired) electrons. The highest BCUT2D eigenvalue weighted by Crippen LogP contribution is 2.48. The highest BCUT2D eigenvalue weighted by Gasteiger charge is 2.42. The van der Waals surface area contributed by atoms with Crippen LogP contribution in [0.5, 0.6) is 5.75 Å². The van der Waals surface area contributed by atoms with Crippen molar-refractivity contribution in [3.63, 3.8) is 0 Å². The van der Waals surface area contributed by atoms with Crippen molar-refractivity contribution >= 4 is 47.6 Å². The summed E-state index contributed by atoms with van der Waals surface area (Å²) in [5, 5.41) is 3.04. The first-order valence-electron chi connectivity index (χ1n) is 14.0. The minimum absolute atomic E-state index is 0.0805. The molecule has 1 amide bonds. The minimum Gasteiger partial charge on any atom is -0.481 e. The quantitative estimate of drug-likeness (QED) is 0.159. The van der Waals surface area contributed by atoms with Crippen molar-refractivity contribution in [1.29, 1.82) is 0 Å². The van der Waals surface area contributed by atoms with E-state index in [1.807, 2.05) is 0 Å². The third kappa shape index (κ3) is 7.70. The number of rotatable bonds is 14. The summed E-state index contributed by atoms with van der Waals surface area (Å²) in [6.45, 7) is 4.78. The van der Waals surface area contributed by atoms with E-state index in [0.29, 0.717) is 22.2 Å². The van der Waals surface area contributed by atoms with Crippen molar-refractivity contribution in [3.05, 3.63) is 64.6 Å². The van der Waals surface area contributed by atoms with Crippen LogP contribution < -0.4 is 10.1 Å². The third-order valence-electron chi connectivity index (χ3n) is 7.34. The van der Waals surface area contributed by atoms with Crippen LogP contribution in [0, 0.1) is 17.7 Å². The van der Waals surface area contributed by atoms with Crippen molar-refractivity contribution in [1.82, 2.24) is 9.88 Å². The van der Waals surface area contributed by atoms with Crippen LogP contribution in [0.25, 0.3) is 10.9 Å². The zero-order valence-electron chi connectivity index (χ0n) is 24.1. The first kappa shape index (κ1) is 32.8. The summed E-state index contributed by atoms with van der Waals surface area (Å²) in [5.41, 5.74) is 1.06. The Labute approximate surface area is 253 Å². The SMILES string of the molecule is CCOP(=O)(COc1ccc2c(c1)c(C(C)=O)cn2CC(=O)C1C[C@H](F)C[C@H]1C(=O)NCc1cccc(Cl)c1F)OCC. The Bertz CT molecular complexity index is 1550.